The van der Waals surface area contributed by atoms with E-state index < -0.39 is 7.82 Å². The second-order valence-electron chi connectivity index (χ2n) is 3.61. The van der Waals surface area contributed by atoms with Gasteiger partial charge in [-0.2, -0.15) is 0 Å². The molecule has 1 aliphatic rings. The van der Waals surface area contributed by atoms with E-state index in [4.69, 9.17) is 15.5 Å². The first-order valence-corrected chi connectivity index (χ1v) is 6.46. The summed E-state index contributed by atoms with van der Waals surface area (Å²) in [6.45, 7) is 6.62. The molecule has 0 atom stereocenters. The number of hydrogen-bond acceptors (Lipinski definition) is 5. The molecule has 100 valence electrons. The summed E-state index contributed by atoms with van der Waals surface area (Å²) in [4.78, 5) is 26.8. The second-order valence-corrected chi connectivity index (χ2v) is 4.85. The van der Waals surface area contributed by atoms with E-state index in [2.05, 4.69) is 21.1 Å². The zero-order valence-electron chi connectivity index (χ0n) is 10.1. The monoisotopic (exact) mass is 274 g/mol. The van der Waals surface area contributed by atoms with E-state index >= 15 is 0 Å². The van der Waals surface area contributed by atoms with Gasteiger partial charge in [0.1, 0.15) is 18.3 Å². The molecule has 0 spiro atoms. The van der Waals surface area contributed by atoms with E-state index in [9.17, 15) is 4.57 Å². The summed E-state index contributed by atoms with van der Waals surface area (Å²) >= 11 is 0. The van der Waals surface area contributed by atoms with Crippen LogP contribution < -0.4 is 5.73 Å². The van der Waals surface area contributed by atoms with Crippen LogP contribution in [-0.4, -0.2) is 33.1 Å². The van der Waals surface area contributed by atoms with Gasteiger partial charge >= 0.3 is 7.82 Å². The quantitative estimate of drug-likeness (QED) is 0.642. The van der Waals surface area contributed by atoms with E-state index in [1.807, 2.05) is 0 Å². The number of allylic oxidation sites excluding steroid dienone is 1. The molecule has 0 fully saturated rings. The predicted octanol–water partition coefficient (Wildman–Crippen LogP) is 0.519. The third kappa shape index (κ3) is 4.08. The summed E-state index contributed by atoms with van der Waals surface area (Å²) in [5.41, 5.74) is 6.31. The molecule has 1 heterocycles. The lowest BCUT2D eigenvalue weighted by Gasteiger charge is -2.18. The maximum absolute atomic E-state index is 10.7. The first kappa shape index (κ1) is 14.6. The Hall–Kier alpha value is -1.47. The Balaban J connectivity index is 2.89. The van der Waals surface area contributed by atoms with Gasteiger partial charge in [0, 0.05) is 11.9 Å². The smallest absolute Gasteiger partial charge is 0.401 e. The normalized spacial score (nSPS) is 19.7. The van der Waals surface area contributed by atoms with Gasteiger partial charge in [-0.25, -0.2) is 14.5 Å². The van der Waals surface area contributed by atoms with E-state index in [1.165, 1.54) is 11.1 Å². The maximum Gasteiger partial charge on any atom is 0.471 e. The van der Waals surface area contributed by atoms with Crippen molar-refractivity contribution in [3.8, 4) is 0 Å². The molecule has 1 aliphatic heterocycles. The molecular formula is C9H15N4O4P. The van der Waals surface area contributed by atoms with Crippen molar-refractivity contribution in [3.05, 3.63) is 24.2 Å². The van der Waals surface area contributed by atoms with Crippen molar-refractivity contribution in [1.82, 2.24) is 4.90 Å². The molecule has 18 heavy (non-hydrogen) atoms. The van der Waals surface area contributed by atoms with Crippen LogP contribution in [0.25, 0.3) is 0 Å². The van der Waals surface area contributed by atoms with E-state index in [-0.39, 0.29) is 6.73 Å². The van der Waals surface area contributed by atoms with Crippen LogP contribution in [-0.2, 0) is 9.09 Å². The summed E-state index contributed by atoms with van der Waals surface area (Å²) < 4.78 is 15.1. The lowest BCUT2D eigenvalue weighted by Crippen LogP contribution is -2.32. The zero-order valence-corrected chi connectivity index (χ0v) is 11.0. The van der Waals surface area contributed by atoms with Crippen LogP contribution in [0, 0.1) is 0 Å². The van der Waals surface area contributed by atoms with Crippen LogP contribution in [0.2, 0.25) is 0 Å². The Kier molecular flexibility index (Phi) is 4.42. The number of nitrogens with two attached hydrogens (primary N) is 1. The number of nitrogens with zero attached hydrogens (tertiary/aromatic N) is 3. The fourth-order valence-electron chi connectivity index (χ4n) is 1.21. The summed E-state index contributed by atoms with van der Waals surface area (Å²) in [6.07, 6.45) is 1.40. The van der Waals surface area contributed by atoms with Crippen molar-refractivity contribution >= 4 is 19.5 Å². The molecule has 0 unspecified atom stereocenters. The molecule has 0 aromatic heterocycles. The lowest BCUT2D eigenvalue weighted by atomic mass is 10.4. The highest BCUT2D eigenvalue weighted by Crippen LogP contribution is 2.36. The summed E-state index contributed by atoms with van der Waals surface area (Å²) in [5.74, 6) is 0.820. The molecule has 8 nitrogen and oxygen atoms in total. The van der Waals surface area contributed by atoms with Crippen molar-refractivity contribution < 1.29 is 18.9 Å². The standard InChI is InChI=1S/C9H15N4O4P/c1-6(10)4-11-9-7(2)12-8(3)13(9)5-17-18(14,15)16/h4H,2,5,10H2,1,3H3,(H2,14,15,16)/b6-4+,11-9+. The third-order valence-electron chi connectivity index (χ3n) is 1.95. The summed E-state index contributed by atoms with van der Waals surface area (Å²) in [5, 5.41) is 0. The van der Waals surface area contributed by atoms with Crippen LogP contribution >= 0.6 is 7.82 Å². The van der Waals surface area contributed by atoms with Crippen molar-refractivity contribution in [2.45, 2.75) is 13.8 Å². The van der Waals surface area contributed by atoms with Gasteiger partial charge in [-0.1, -0.05) is 6.58 Å². The molecule has 4 N–H and O–H groups in total. The molecule has 0 amide bonds. The fraction of sp³-hybridized carbons (Fsp3) is 0.333. The highest BCUT2D eigenvalue weighted by atomic mass is 31.2. The highest BCUT2D eigenvalue weighted by Gasteiger charge is 2.26. The number of hydrogen-bond donors (Lipinski definition) is 3. The van der Waals surface area contributed by atoms with Gasteiger partial charge in [0.2, 0.25) is 0 Å². The zero-order chi connectivity index (χ0) is 13.9. The van der Waals surface area contributed by atoms with Gasteiger partial charge < -0.3 is 15.5 Å². The average molecular weight is 274 g/mol. The fourth-order valence-corrected chi connectivity index (χ4v) is 1.48. The minimum Gasteiger partial charge on any atom is -0.401 e. The molecule has 0 aromatic rings. The largest absolute Gasteiger partial charge is 0.471 e. The van der Waals surface area contributed by atoms with Gasteiger partial charge in [-0.3, -0.25) is 9.42 Å². The van der Waals surface area contributed by atoms with E-state index in [0.29, 0.717) is 23.1 Å². The van der Waals surface area contributed by atoms with Crippen LogP contribution in [0.1, 0.15) is 13.8 Å². The molecular weight excluding hydrogens is 259 g/mol. The third-order valence-corrected chi connectivity index (χ3v) is 2.40. The van der Waals surface area contributed by atoms with E-state index in [1.54, 1.807) is 13.8 Å². The van der Waals surface area contributed by atoms with Crippen LogP contribution in [0.4, 0.5) is 0 Å². The van der Waals surface area contributed by atoms with Crippen molar-refractivity contribution in [2.24, 2.45) is 15.7 Å². The predicted molar refractivity (Wildman–Crippen MR) is 67.5 cm³/mol. The first-order valence-electron chi connectivity index (χ1n) is 4.93. The number of phosphoric ester groups is 1. The van der Waals surface area contributed by atoms with Crippen LogP contribution in [0.5, 0.6) is 0 Å². The molecule has 9 heteroatoms. The van der Waals surface area contributed by atoms with Gasteiger partial charge in [-0.15, -0.1) is 0 Å². The molecule has 0 radical (unpaired) electrons. The summed E-state index contributed by atoms with van der Waals surface area (Å²) in [6, 6.07) is 0. The van der Waals surface area contributed by atoms with Gasteiger partial charge in [0.15, 0.2) is 5.84 Å². The van der Waals surface area contributed by atoms with Crippen molar-refractivity contribution in [2.75, 3.05) is 6.73 Å². The number of rotatable bonds is 4. The second kappa shape index (κ2) is 5.45. The molecule has 0 bridgehead atoms. The highest BCUT2D eigenvalue weighted by molar-refractivity contribution is 7.46. The number of aliphatic imine (C=N–C) groups is 2. The van der Waals surface area contributed by atoms with Crippen LogP contribution in [0.15, 0.2) is 34.2 Å². The molecule has 0 saturated heterocycles. The topological polar surface area (TPSA) is 121 Å². The molecule has 0 aliphatic carbocycles. The van der Waals surface area contributed by atoms with Gasteiger partial charge in [0.25, 0.3) is 0 Å². The Bertz CT molecular complexity index is 487. The minimum absolute atomic E-state index is 0.339. The van der Waals surface area contributed by atoms with Crippen molar-refractivity contribution in [3.63, 3.8) is 0 Å². The Labute approximate surface area is 104 Å². The maximum atomic E-state index is 10.7. The SMILES string of the molecule is C=C1N=C(C)N(COP(=O)(O)O)/C1=N/C=C(\C)N. The number of phosphoric acid groups is 1. The summed E-state index contributed by atoms with van der Waals surface area (Å²) in [7, 11) is -4.55. The van der Waals surface area contributed by atoms with Crippen LogP contribution in [0.3, 0.4) is 0 Å². The molecule has 1 rings (SSSR count). The minimum atomic E-state index is -4.55. The Morgan fingerprint density at radius 3 is 2.83 bits per heavy atom. The first-order chi connectivity index (χ1) is 8.20. The Morgan fingerprint density at radius 1 is 1.72 bits per heavy atom. The molecule has 0 aromatic carbocycles. The molecule has 0 saturated carbocycles. The average Bonchev–Trinajstić information content (AvgIpc) is 2.46. The Morgan fingerprint density at radius 2 is 2.33 bits per heavy atom. The van der Waals surface area contributed by atoms with Gasteiger partial charge in [0.05, 0.1) is 0 Å². The van der Waals surface area contributed by atoms with Gasteiger partial charge in [-0.05, 0) is 13.8 Å². The number of amidine groups is 2. The van der Waals surface area contributed by atoms with E-state index in [0.717, 1.165) is 0 Å². The van der Waals surface area contributed by atoms with Crippen molar-refractivity contribution in [1.29, 1.82) is 0 Å². The lowest BCUT2D eigenvalue weighted by molar-refractivity contribution is 0.163.